The van der Waals surface area contributed by atoms with Gasteiger partial charge in [-0.25, -0.2) is 13.4 Å². The average molecular weight is 282 g/mol. The van der Waals surface area contributed by atoms with Gasteiger partial charge in [0.1, 0.15) is 5.82 Å². The molecule has 0 radical (unpaired) electrons. The maximum absolute atomic E-state index is 11.7. The molecule has 1 aliphatic rings. The van der Waals surface area contributed by atoms with Crippen LogP contribution in [0.1, 0.15) is 39.2 Å². The number of anilines is 1. The molecule has 106 valence electrons. The standard InChI is InChI=1S/C14H22N2O2S/c1-14(2,3)11-6-7-13(15-9-11)16-10-12-5-4-8-19(12,17)18/h6-7,9,12H,4-5,8,10H2,1-3H3,(H,15,16). The van der Waals surface area contributed by atoms with Crippen LogP contribution in [0.5, 0.6) is 0 Å². The lowest BCUT2D eigenvalue weighted by Crippen LogP contribution is -2.25. The second-order valence-corrected chi connectivity index (χ2v) is 8.59. The van der Waals surface area contributed by atoms with E-state index in [1.165, 1.54) is 5.56 Å². The van der Waals surface area contributed by atoms with Crippen LogP contribution >= 0.6 is 0 Å². The zero-order chi connectivity index (χ0) is 14.1. The van der Waals surface area contributed by atoms with E-state index < -0.39 is 9.84 Å². The van der Waals surface area contributed by atoms with Gasteiger partial charge >= 0.3 is 0 Å². The third kappa shape index (κ3) is 3.47. The van der Waals surface area contributed by atoms with Crippen LogP contribution in [-0.4, -0.2) is 30.9 Å². The molecule has 0 amide bonds. The molecule has 0 bridgehead atoms. The molecule has 1 aliphatic heterocycles. The van der Waals surface area contributed by atoms with Crippen molar-refractivity contribution in [2.45, 2.75) is 44.3 Å². The van der Waals surface area contributed by atoms with E-state index in [2.05, 4.69) is 31.1 Å². The van der Waals surface area contributed by atoms with Crippen LogP contribution in [0.25, 0.3) is 0 Å². The average Bonchev–Trinajstić information content (AvgIpc) is 2.65. The quantitative estimate of drug-likeness (QED) is 0.924. The van der Waals surface area contributed by atoms with Gasteiger partial charge in [-0.1, -0.05) is 26.8 Å². The van der Waals surface area contributed by atoms with Gasteiger partial charge in [-0.05, 0) is 29.9 Å². The molecule has 19 heavy (non-hydrogen) atoms. The summed E-state index contributed by atoms with van der Waals surface area (Å²) < 4.78 is 23.4. The van der Waals surface area contributed by atoms with Crippen molar-refractivity contribution in [3.63, 3.8) is 0 Å². The van der Waals surface area contributed by atoms with E-state index in [-0.39, 0.29) is 10.7 Å². The second kappa shape index (κ2) is 5.12. The zero-order valence-corrected chi connectivity index (χ0v) is 12.6. The Balaban J connectivity index is 1.97. The van der Waals surface area contributed by atoms with Gasteiger partial charge in [-0.15, -0.1) is 0 Å². The number of sulfone groups is 1. The highest BCUT2D eigenvalue weighted by Crippen LogP contribution is 2.23. The van der Waals surface area contributed by atoms with Crippen molar-refractivity contribution in [3.05, 3.63) is 23.9 Å². The van der Waals surface area contributed by atoms with E-state index in [0.717, 1.165) is 18.7 Å². The fourth-order valence-corrected chi connectivity index (χ4v) is 4.01. The van der Waals surface area contributed by atoms with E-state index in [4.69, 9.17) is 0 Å². The van der Waals surface area contributed by atoms with Crippen LogP contribution in [0.2, 0.25) is 0 Å². The van der Waals surface area contributed by atoms with Crippen LogP contribution in [0.4, 0.5) is 5.82 Å². The summed E-state index contributed by atoms with van der Waals surface area (Å²) in [5.74, 6) is 1.07. The van der Waals surface area contributed by atoms with Crippen LogP contribution in [0.15, 0.2) is 18.3 Å². The topological polar surface area (TPSA) is 59.1 Å². The highest BCUT2D eigenvalue weighted by Gasteiger charge is 2.30. The lowest BCUT2D eigenvalue weighted by molar-refractivity contribution is 0.587. The minimum absolute atomic E-state index is 0.0837. The molecule has 2 heterocycles. The minimum Gasteiger partial charge on any atom is -0.369 e. The Morgan fingerprint density at radius 3 is 2.58 bits per heavy atom. The Kier molecular flexibility index (Phi) is 3.85. The van der Waals surface area contributed by atoms with Gasteiger partial charge in [-0.2, -0.15) is 0 Å². The zero-order valence-electron chi connectivity index (χ0n) is 11.8. The predicted molar refractivity (Wildman–Crippen MR) is 78.2 cm³/mol. The van der Waals surface area contributed by atoms with Crippen molar-refractivity contribution >= 4 is 15.7 Å². The maximum atomic E-state index is 11.7. The minimum atomic E-state index is -2.88. The molecule has 1 N–H and O–H groups in total. The van der Waals surface area contributed by atoms with Crippen molar-refractivity contribution in [2.75, 3.05) is 17.6 Å². The Bertz CT molecular complexity index is 530. The summed E-state index contributed by atoms with van der Waals surface area (Å²) in [6, 6.07) is 3.96. The van der Waals surface area contributed by atoms with E-state index in [1.807, 2.05) is 18.3 Å². The summed E-state index contributed by atoms with van der Waals surface area (Å²) >= 11 is 0. The molecule has 1 fully saturated rings. The molecule has 2 rings (SSSR count). The van der Waals surface area contributed by atoms with Gasteiger partial charge in [0.05, 0.1) is 11.0 Å². The van der Waals surface area contributed by atoms with Gasteiger partial charge in [0, 0.05) is 12.7 Å². The van der Waals surface area contributed by atoms with Crippen molar-refractivity contribution in [3.8, 4) is 0 Å². The first-order chi connectivity index (χ1) is 8.79. The van der Waals surface area contributed by atoms with Crippen molar-refractivity contribution in [1.82, 2.24) is 4.98 Å². The lowest BCUT2D eigenvalue weighted by atomic mass is 9.88. The Labute approximate surface area is 115 Å². The van der Waals surface area contributed by atoms with E-state index in [9.17, 15) is 8.42 Å². The first-order valence-corrected chi connectivity index (χ1v) is 8.42. The first kappa shape index (κ1) is 14.3. The molecule has 1 unspecified atom stereocenters. The van der Waals surface area contributed by atoms with E-state index in [1.54, 1.807) is 0 Å². The van der Waals surface area contributed by atoms with Crippen LogP contribution in [-0.2, 0) is 15.3 Å². The monoisotopic (exact) mass is 282 g/mol. The van der Waals surface area contributed by atoms with Gasteiger partial charge in [0.2, 0.25) is 0 Å². The van der Waals surface area contributed by atoms with Gasteiger partial charge < -0.3 is 5.32 Å². The highest BCUT2D eigenvalue weighted by atomic mass is 32.2. The number of hydrogen-bond acceptors (Lipinski definition) is 4. The molecule has 1 aromatic rings. The van der Waals surface area contributed by atoms with Crippen molar-refractivity contribution < 1.29 is 8.42 Å². The predicted octanol–water partition coefficient (Wildman–Crippen LogP) is 2.37. The van der Waals surface area contributed by atoms with Crippen LogP contribution in [0, 0.1) is 0 Å². The molecule has 4 nitrogen and oxygen atoms in total. The van der Waals surface area contributed by atoms with Crippen molar-refractivity contribution in [2.24, 2.45) is 0 Å². The molecule has 0 aliphatic carbocycles. The maximum Gasteiger partial charge on any atom is 0.154 e. The van der Waals surface area contributed by atoms with E-state index >= 15 is 0 Å². The summed E-state index contributed by atoms with van der Waals surface area (Å²) in [5.41, 5.74) is 1.26. The molecule has 1 saturated heterocycles. The Morgan fingerprint density at radius 2 is 2.11 bits per heavy atom. The third-order valence-electron chi connectivity index (χ3n) is 3.60. The second-order valence-electron chi connectivity index (χ2n) is 6.19. The summed E-state index contributed by atoms with van der Waals surface area (Å²) in [6.45, 7) is 6.89. The number of rotatable bonds is 3. The third-order valence-corrected chi connectivity index (χ3v) is 5.88. The molecule has 1 aromatic heterocycles. The number of nitrogens with one attached hydrogen (secondary N) is 1. The molecule has 1 atom stereocenters. The largest absolute Gasteiger partial charge is 0.369 e. The van der Waals surface area contributed by atoms with Gasteiger partial charge in [0.25, 0.3) is 0 Å². The summed E-state index contributed by atoms with van der Waals surface area (Å²) in [5, 5.41) is 2.88. The summed E-state index contributed by atoms with van der Waals surface area (Å²) in [7, 11) is -2.88. The number of hydrogen-bond donors (Lipinski definition) is 1. The van der Waals surface area contributed by atoms with Gasteiger partial charge in [0.15, 0.2) is 9.84 Å². The molecule has 0 saturated carbocycles. The molecule has 0 aromatic carbocycles. The SMILES string of the molecule is CC(C)(C)c1ccc(NCC2CCCS2(=O)=O)nc1. The number of aromatic nitrogens is 1. The number of nitrogens with zero attached hydrogens (tertiary/aromatic N) is 1. The molecular weight excluding hydrogens is 260 g/mol. The normalized spacial score (nSPS) is 22.4. The smallest absolute Gasteiger partial charge is 0.154 e. The summed E-state index contributed by atoms with van der Waals surface area (Å²) in [4.78, 5) is 4.35. The fraction of sp³-hybridized carbons (Fsp3) is 0.643. The van der Waals surface area contributed by atoms with Gasteiger partial charge in [-0.3, -0.25) is 0 Å². The van der Waals surface area contributed by atoms with E-state index in [0.29, 0.717) is 12.3 Å². The number of pyridine rings is 1. The van der Waals surface area contributed by atoms with Crippen LogP contribution < -0.4 is 5.32 Å². The molecule has 5 heteroatoms. The Hall–Kier alpha value is -1.10. The fourth-order valence-electron chi connectivity index (χ4n) is 2.25. The van der Waals surface area contributed by atoms with Crippen LogP contribution in [0.3, 0.4) is 0 Å². The summed E-state index contributed by atoms with van der Waals surface area (Å²) in [6.07, 6.45) is 3.39. The highest BCUT2D eigenvalue weighted by molar-refractivity contribution is 7.92. The molecular formula is C14H22N2O2S. The first-order valence-electron chi connectivity index (χ1n) is 6.71. The Morgan fingerprint density at radius 1 is 1.37 bits per heavy atom. The lowest BCUT2D eigenvalue weighted by Gasteiger charge is -2.19. The molecule has 0 spiro atoms. The van der Waals surface area contributed by atoms with Crippen molar-refractivity contribution in [1.29, 1.82) is 0 Å².